The predicted molar refractivity (Wildman–Crippen MR) is 144 cm³/mol. The number of aromatic nitrogens is 1. The van der Waals surface area contributed by atoms with E-state index in [-0.39, 0.29) is 0 Å². The van der Waals surface area contributed by atoms with E-state index in [1.54, 1.807) is 6.20 Å². The lowest BCUT2D eigenvalue weighted by Gasteiger charge is -2.11. The fourth-order valence-corrected chi connectivity index (χ4v) is 6.09. The minimum atomic E-state index is 0.441. The van der Waals surface area contributed by atoms with E-state index in [2.05, 4.69) is 90.8 Å². The van der Waals surface area contributed by atoms with Gasteiger partial charge in [-0.25, -0.2) is 4.98 Å². The van der Waals surface area contributed by atoms with E-state index in [0.717, 1.165) is 24.0 Å². The first-order chi connectivity index (χ1) is 16.7. The molecule has 2 aromatic heterocycles. The average Bonchev–Trinajstić information content (AvgIpc) is 3.27. The Morgan fingerprint density at radius 3 is 2.41 bits per heavy atom. The Labute approximate surface area is 202 Å². The van der Waals surface area contributed by atoms with Crippen LogP contribution in [0.5, 0.6) is 0 Å². The first-order valence-corrected chi connectivity index (χ1v) is 12.4. The van der Waals surface area contributed by atoms with Crippen LogP contribution in [0.25, 0.3) is 53.2 Å². The molecule has 2 heterocycles. The molecular weight excluding hydrogens is 432 g/mol. The predicted octanol–water partition coefficient (Wildman–Crippen LogP) is 8.76. The summed E-state index contributed by atoms with van der Waals surface area (Å²) in [7, 11) is 0. The summed E-state index contributed by atoms with van der Waals surface area (Å²) in [6.45, 7) is 2.23. The van der Waals surface area contributed by atoms with Gasteiger partial charge in [0, 0.05) is 26.4 Å². The summed E-state index contributed by atoms with van der Waals surface area (Å²) in [5.74, 6) is 0. The Hall–Kier alpha value is -4.00. The largest absolute Gasteiger partial charge is 0.246 e. The molecule has 0 fully saturated rings. The molecule has 0 amide bonds. The van der Waals surface area contributed by atoms with Crippen LogP contribution in [0, 0.1) is 11.3 Å². The van der Waals surface area contributed by atoms with Crippen molar-refractivity contribution in [2.24, 2.45) is 0 Å². The van der Waals surface area contributed by atoms with E-state index in [4.69, 9.17) is 0 Å². The highest BCUT2D eigenvalue weighted by molar-refractivity contribution is 7.26. The van der Waals surface area contributed by atoms with Gasteiger partial charge in [-0.2, -0.15) is 5.26 Å². The number of nitriles is 1. The van der Waals surface area contributed by atoms with Crippen molar-refractivity contribution < 1.29 is 0 Å². The van der Waals surface area contributed by atoms with Gasteiger partial charge in [0.25, 0.3) is 0 Å². The van der Waals surface area contributed by atoms with Crippen molar-refractivity contribution in [3.63, 3.8) is 0 Å². The molecule has 6 rings (SSSR count). The maximum atomic E-state index is 9.25. The molecule has 162 valence electrons. The summed E-state index contributed by atoms with van der Waals surface area (Å²) in [5.41, 5.74) is 6.49. The molecule has 0 N–H and O–H groups in total. The van der Waals surface area contributed by atoms with Gasteiger partial charge < -0.3 is 0 Å². The number of benzene rings is 4. The van der Waals surface area contributed by atoms with Gasteiger partial charge in [0.15, 0.2) is 0 Å². The van der Waals surface area contributed by atoms with Gasteiger partial charge in [0.1, 0.15) is 11.8 Å². The molecule has 34 heavy (non-hydrogen) atoms. The molecule has 0 unspecified atom stereocenters. The van der Waals surface area contributed by atoms with Crippen LogP contribution in [-0.4, -0.2) is 4.98 Å². The molecule has 0 spiro atoms. The summed E-state index contributed by atoms with van der Waals surface area (Å²) in [6, 6.07) is 32.7. The van der Waals surface area contributed by atoms with Crippen molar-refractivity contribution in [2.45, 2.75) is 19.8 Å². The normalized spacial score (nSPS) is 11.3. The quantitative estimate of drug-likeness (QED) is 0.267. The molecule has 0 aliphatic rings. The van der Waals surface area contributed by atoms with Gasteiger partial charge >= 0.3 is 0 Å². The van der Waals surface area contributed by atoms with Crippen molar-refractivity contribution >= 4 is 42.3 Å². The third-order valence-electron chi connectivity index (χ3n) is 6.47. The Morgan fingerprint density at radius 1 is 0.765 bits per heavy atom. The van der Waals surface area contributed by atoms with Crippen LogP contribution in [0.1, 0.15) is 24.6 Å². The van der Waals surface area contributed by atoms with E-state index in [1.165, 1.54) is 47.6 Å². The van der Waals surface area contributed by atoms with Crippen LogP contribution in [0.15, 0.2) is 91.1 Å². The standard InChI is InChI=1S/C31H22N2S/c1-2-6-20-9-11-25-27(21-7-4-3-5-8-21)18-30-31(28(25)15-20)26-12-10-22(17-29(26)34-30)23-13-14-33-24(16-23)19-32/h3-5,7-18H,2,6H2,1H3. The van der Waals surface area contributed by atoms with Gasteiger partial charge in [-0.15, -0.1) is 11.3 Å². The first-order valence-electron chi connectivity index (χ1n) is 11.6. The molecule has 0 aliphatic carbocycles. The van der Waals surface area contributed by atoms with E-state index in [9.17, 15) is 5.26 Å². The Kier molecular flexibility index (Phi) is 5.09. The zero-order chi connectivity index (χ0) is 23.1. The minimum absolute atomic E-state index is 0.441. The summed E-state index contributed by atoms with van der Waals surface area (Å²) >= 11 is 1.84. The highest BCUT2D eigenvalue weighted by Gasteiger charge is 2.15. The third kappa shape index (κ3) is 3.44. The Balaban J connectivity index is 1.65. The Morgan fingerprint density at radius 2 is 1.59 bits per heavy atom. The fourth-order valence-electron chi connectivity index (χ4n) is 4.89. The van der Waals surface area contributed by atoms with Crippen LogP contribution in [-0.2, 0) is 6.42 Å². The zero-order valence-electron chi connectivity index (χ0n) is 18.9. The topological polar surface area (TPSA) is 36.7 Å². The second-order valence-corrected chi connectivity index (χ2v) is 9.73. The smallest absolute Gasteiger partial charge is 0.141 e. The second-order valence-electron chi connectivity index (χ2n) is 8.65. The van der Waals surface area contributed by atoms with Gasteiger partial charge in [0.2, 0.25) is 0 Å². The number of rotatable bonds is 4. The van der Waals surface area contributed by atoms with E-state index >= 15 is 0 Å². The molecule has 0 radical (unpaired) electrons. The first kappa shape index (κ1) is 20.6. The lowest BCUT2D eigenvalue weighted by atomic mass is 9.93. The van der Waals surface area contributed by atoms with Crippen LogP contribution < -0.4 is 0 Å². The molecule has 0 aliphatic heterocycles. The van der Waals surface area contributed by atoms with Crippen molar-refractivity contribution in [1.82, 2.24) is 4.98 Å². The highest BCUT2D eigenvalue weighted by Crippen LogP contribution is 2.44. The lowest BCUT2D eigenvalue weighted by Crippen LogP contribution is -1.87. The van der Waals surface area contributed by atoms with Gasteiger partial charge in [0.05, 0.1) is 0 Å². The number of fused-ring (bicyclic) bond motifs is 5. The minimum Gasteiger partial charge on any atom is -0.246 e. The molecular formula is C31H22N2S. The molecule has 0 saturated carbocycles. The summed E-state index contributed by atoms with van der Waals surface area (Å²) < 4.78 is 2.56. The highest BCUT2D eigenvalue weighted by atomic mass is 32.1. The number of nitrogens with zero attached hydrogens (tertiary/aromatic N) is 2. The average molecular weight is 455 g/mol. The van der Waals surface area contributed by atoms with Crippen molar-refractivity contribution in [2.75, 3.05) is 0 Å². The maximum Gasteiger partial charge on any atom is 0.141 e. The monoisotopic (exact) mass is 454 g/mol. The van der Waals surface area contributed by atoms with Gasteiger partial charge in [-0.1, -0.05) is 74.0 Å². The van der Waals surface area contributed by atoms with E-state index < -0.39 is 0 Å². The number of pyridine rings is 1. The number of hydrogen-bond acceptors (Lipinski definition) is 3. The number of aryl methyl sites for hydroxylation is 1. The number of hydrogen-bond donors (Lipinski definition) is 0. The van der Waals surface area contributed by atoms with Crippen LogP contribution in [0.3, 0.4) is 0 Å². The molecule has 2 nitrogen and oxygen atoms in total. The van der Waals surface area contributed by atoms with Crippen LogP contribution in [0.4, 0.5) is 0 Å². The summed E-state index contributed by atoms with van der Waals surface area (Å²) in [4.78, 5) is 4.12. The maximum absolute atomic E-state index is 9.25. The SMILES string of the molecule is CCCc1ccc2c(-c3ccccc3)cc3sc4cc(-c5ccnc(C#N)c5)ccc4c3c2c1. The van der Waals surface area contributed by atoms with Crippen LogP contribution >= 0.6 is 11.3 Å². The van der Waals surface area contributed by atoms with Crippen molar-refractivity contribution in [3.05, 3.63) is 102 Å². The molecule has 0 bridgehead atoms. The van der Waals surface area contributed by atoms with Crippen molar-refractivity contribution in [1.29, 1.82) is 5.26 Å². The zero-order valence-corrected chi connectivity index (χ0v) is 19.7. The van der Waals surface area contributed by atoms with Crippen LogP contribution in [0.2, 0.25) is 0 Å². The Bertz CT molecular complexity index is 1720. The molecule has 3 heteroatoms. The van der Waals surface area contributed by atoms with E-state index in [1.807, 2.05) is 23.5 Å². The summed E-state index contributed by atoms with van der Waals surface area (Å²) in [5, 5.41) is 14.5. The molecule has 4 aromatic carbocycles. The lowest BCUT2D eigenvalue weighted by molar-refractivity contribution is 0.924. The van der Waals surface area contributed by atoms with E-state index in [0.29, 0.717) is 5.69 Å². The summed E-state index contributed by atoms with van der Waals surface area (Å²) in [6.07, 6.45) is 3.93. The molecule has 6 aromatic rings. The number of thiophene rings is 1. The molecule has 0 atom stereocenters. The van der Waals surface area contributed by atoms with Gasteiger partial charge in [-0.05, 0) is 69.3 Å². The third-order valence-corrected chi connectivity index (χ3v) is 7.57. The molecule has 0 saturated heterocycles. The second kappa shape index (κ2) is 8.41. The fraction of sp³-hybridized carbons (Fsp3) is 0.0968. The van der Waals surface area contributed by atoms with Crippen molar-refractivity contribution in [3.8, 4) is 28.3 Å². The van der Waals surface area contributed by atoms with Gasteiger partial charge in [-0.3, -0.25) is 0 Å².